The maximum Gasteiger partial charge on any atom is 0.221 e. The Hall–Kier alpha value is -2.61. The normalized spacial score (nSPS) is 15.4. The molecule has 1 saturated heterocycles. The summed E-state index contributed by atoms with van der Waals surface area (Å²) >= 11 is 12.2. The van der Waals surface area contributed by atoms with Crippen molar-refractivity contribution in [2.24, 2.45) is 0 Å². The Bertz CT molecular complexity index is 1180. The standard InChI is InChI=1S/C29H33Cl2N3O3/c1-20(35)33-28-16-23(22-5-3-2-4-6-22)8-10-29(28)37-19-25(36)17-32-24-11-13-34(14-12-24)18-21-7-9-26(30)27(31)15-21/h2-10,15-16,24-25,32,36H,11-14,17-19H2,1H3,(H,33,35). The predicted molar refractivity (Wildman–Crippen MR) is 150 cm³/mol. The largest absolute Gasteiger partial charge is 0.489 e. The van der Waals surface area contributed by atoms with Gasteiger partial charge in [0.15, 0.2) is 0 Å². The first-order valence-corrected chi connectivity index (χ1v) is 13.3. The van der Waals surface area contributed by atoms with Gasteiger partial charge in [0, 0.05) is 26.1 Å². The van der Waals surface area contributed by atoms with Crippen LogP contribution in [0.4, 0.5) is 5.69 Å². The van der Waals surface area contributed by atoms with Gasteiger partial charge < -0.3 is 20.5 Å². The summed E-state index contributed by atoms with van der Waals surface area (Å²) in [4.78, 5) is 14.1. The van der Waals surface area contributed by atoms with Crippen LogP contribution in [0.15, 0.2) is 66.7 Å². The summed E-state index contributed by atoms with van der Waals surface area (Å²) in [5.74, 6) is 0.354. The molecule has 3 N–H and O–H groups in total. The highest BCUT2D eigenvalue weighted by Crippen LogP contribution is 2.31. The Balaban J connectivity index is 1.23. The smallest absolute Gasteiger partial charge is 0.221 e. The second-order valence-electron chi connectivity index (χ2n) is 9.43. The summed E-state index contributed by atoms with van der Waals surface area (Å²) in [6.45, 7) is 4.82. The van der Waals surface area contributed by atoms with Crippen molar-refractivity contribution >= 4 is 34.8 Å². The van der Waals surface area contributed by atoms with Crippen LogP contribution in [0.5, 0.6) is 5.75 Å². The van der Waals surface area contributed by atoms with Gasteiger partial charge in [0.2, 0.25) is 5.91 Å². The molecule has 1 aliphatic rings. The number of likely N-dealkylation sites (tertiary alicyclic amines) is 1. The van der Waals surface area contributed by atoms with Crippen molar-refractivity contribution in [3.05, 3.63) is 82.3 Å². The van der Waals surface area contributed by atoms with E-state index in [2.05, 4.69) is 15.5 Å². The molecule has 1 fully saturated rings. The number of hydrogen-bond donors (Lipinski definition) is 3. The molecule has 0 radical (unpaired) electrons. The number of carbonyl (C=O) groups excluding carboxylic acids is 1. The highest BCUT2D eigenvalue weighted by Gasteiger charge is 2.20. The molecule has 196 valence electrons. The molecule has 37 heavy (non-hydrogen) atoms. The molecule has 0 saturated carbocycles. The number of aliphatic hydroxyl groups is 1. The molecule has 1 aliphatic heterocycles. The molecule has 4 rings (SSSR count). The highest BCUT2D eigenvalue weighted by molar-refractivity contribution is 6.42. The molecule has 1 unspecified atom stereocenters. The van der Waals surface area contributed by atoms with Crippen molar-refractivity contribution in [2.45, 2.75) is 38.5 Å². The molecule has 1 atom stereocenters. The number of nitrogens with one attached hydrogen (secondary N) is 2. The van der Waals surface area contributed by atoms with Gasteiger partial charge in [-0.05, 0) is 66.9 Å². The summed E-state index contributed by atoms with van der Waals surface area (Å²) in [5, 5.41) is 18.0. The van der Waals surface area contributed by atoms with Crippen LogP contribution in [0.1, 0.15) is 25.3 Å². The van der Waals surface area contributed by atoms with E-state index in [0.29, 0.717) is 34.1 Å². The van der Waals surface area contributed by atoms with Gasteiger partial charge in [0.05, 0.1) is 15.7 Å². The second-order valence-corrected chi connectivity index (χ2v) is 10.2. The number of piperidine rings is 1. The third-order valence-corrected chi connectivity index (χ3v) is 7.19. The van der Waals surface area contributed by atoms with Gasteiger partial charge in [0.1, 0.15) is 18.5 Å². The van der Waals surface area contributed by atoms with E-state index in [-0.39, 0.29) is 12.5 Å². The lowest BCUT2D eigenvalue weighted by Gasteiger charge is -2.33. The van der Waals surface area contributed by atoms with Crippen LogP contribution in [0.2, 0.25) is 10.0 Å². The van der Waals surface area contributed by atoms with E-state index in [0.717, 1.165) is 49.2 Å². The van der Waals surface area contributed by atoms with Crippen LogP contribution < -0.4 is 15.4 Å². The third-order valence-electron chi connectivity index (χ3n) is 6.45. The van der Waals surface area contributed by atoms with Crippen molar-refractivity contribution in [2.75, 3.05) is 31.6 Å². The molecular formula is C29H33Cl2N3O3. The molecule has 0 aliphatic carbocycles. The molecule has 1 amide bonds. The van der Waals surface area contributed by atoms with Gasteiger partial charge >= 0.3 is 0 Å². The minimum absolute atomic E-state index is 0.125. The van der Waals surface area contributed by atoms with Crippen LogP contribution in [0, 0.1) is 0 Å². The molecular weight excluding hydrogens is 509 g/mol. The Labute approximate surface area is 228 Å². The number of aliphatic hydroxyl groups excluding tert-OH is 1. The first-order valence-electron chi connectivity index (χ1n) is 12.5. The van der Waals surface area contributed by atoms with Crippen LogP contribution in [0.25, 0.3) is 11.1 Å². The monoisotopic (exact) mass is 541 g/mol. The summed E-state index contributed by atoms with van der Waals surface area (Å²) < 4.78 is 5.90. The first kappa shape index (κ1) is 27.4. The molecule has 3 aromatic carbocycles. The molecule has 0 spiro atoms. The van der Waals surface area contributed by atoms with Gasteiger partial charge in [-0.25, -0.2) is 0 Å². The summed E-state index contributed by atoms with van der Waals surface area (Å²) in [5.41, 5.74) is 3.77. The van der Waals surface area contributed by atoms with Gasteiger partial charge in [-0.1, -0.05) is 65.7 Å². The average molecular weight is 543 g/mol. The van der Waals surface area contributed by atoms with Crippen LogP contribution in [-0.4, -0.2) is 54.3 Å². The van der Waals surface area contributed by atoms with Crippen molar-refractivity contribution < 1.29 is 14.6 Å². The Morgan fingerprint density at radius 3 is 2.49 bits per heavy atom. The number of ether oxygens (including phenoxy) is 1. The number of benzene rings is 3. The fourth-order valence-corrected chi connectivity index (χ4v) is 4.81. The topological polar surface area (TPSA) is 73.8 Å². The zero-order valence-electron chi connectivity index (χ0n) is 20.9. The zero-order valence-corrected chi connectivity index (χ0v) is 22.4. The van der Waals surface area contributed by atoms with Crippen LogP contribution in [0.3, 0.4) is 0 Å². The van der Waals surface area contributed by atoms with Crippen LogP contribution in [-0.2, 0) is 11.3 Å². The SMILES string of the molecule is CC(=O)Nc1cc(-c2ccccc2)ccc1OCC(O)CNC1CCN(Cc2ccc(Cl)c(Cl)c2)CC1. The fraction of sp³-hybridized carbons (Fsp3) is 0.345. The number of rotatable bonds is 10. The Morgan fingerprint density at radius 1 is 1.03 bits per heavy atom. The van der Waals surface area contributed by atoms with Crippen molar-refractivity contribution in [1.29, 1.82) is 0 Å². The highest BCUT2D eigenvalue weighted by atomic mass is 35.5. The van der Waals surface area contributed by atoms with E-state index in [1.54, 1.807) is 0 Å². The first-order chi connectivity index (χ1) is 17.9. The quantitative estimate of drug-likeness (QED) is 0.311. The lowest BCUT2D eigenvalue weighted by molar-refractivity contribution is -0.114. The lowest BCUT2D eigenvalue weighted by atomic mass is 10.0. The Kier molecular flexibility index (Phi) is 9.83. The maximum atomic E-state index is 11.7. The van der Waals surface area contributed by atoms with E-state index >= 15 is 0 Å². The van der Waals surface area contributed by atoms with E-state index in [4.69, 9.17) is 27.9 Å². The molecule has 1 heterocycles. The van der Waals surface area contributed by atoms with E-state index < -0.39 is 6.10 Å². The number of anilines is 1. The minimum Gasteiger partial charge on any atom is -0.489 e. The summed E-state index contributed by atoms with van der Waals surface area (Å²) in [7, 11) is 0. The van der Waals surface area contributed by atoms with Gasteiger partial charge in [-0.2, -0.15) is 0 Å². The summed E-state index contributed by atoms with van der Waals surface area (Å²) in [6, 6.07) is 21.7. The van der Waals surface area contributed by atoms with E-state index in [9.17, 15) is 9.90 Å². The molecule has 3 aromatic rings. The lowest BCUT2D eigenvalue weighted by Crippen LogP contribution is -2.45. The van der Waals surface area contributed by atoms with Gasteiger partial charge in [-0.3, -0.25) is 9.69 Å². The number of carbonyl (C=O) groups is 1. The average Bonchev–Trinajstić information content (AvgIpc) is 2.90. The fourth-order valence-electron chi connectivity index (χ4n) is 4.49. The predicted octanol–water partition coefficient (Wildman–Crippen LogP) is 5.61. The third kappa shape index (κ3) is 8.19. The number of hydrogen-bond acceptors (Lipinski definition) is 5. The number of halogens is 2. The maximum absolute atomic E-state index is 11.7. The zero-order chi connectivity index (χ0) is 26.2. The van der Waals surface area contributed by atoms with Crippen molar-refractivity contribution in [3.8, 4) is 16.9 Å². The molecule has 8 heteroatoms. The molecule has 0 bridgehead atoms. The Morgan fingerprint density at radius 2 is 1.78 bits per heavy atom. The van der Waals surface area contributed by atoms with Gasteiger partial charge in [-0.15, -0.1) is 0 Å². The van der Waals surface area contributed by atoms with Crippen molar-refractivity contribution in [1.82, 2.24) is 10.2 Å². The van der Waals surface area contributed by atoms with E-state index in [1.165, 1.54) is 6.92 Å². The molecule has 0 aromatic heterocycles. The van der Waals surface area contributed by atoms with Crippen molar-refractivity contribution in [3.63, 3.8) is 0 Å². The number of nitrogens with zero attached hydrogens (tertiary/aromatic N) is 1. The van der Waals surface area contributed by atoms with E-state index in [1.807, 2.05) is 66.7 Å². The van der Waals surface area contributed by atoms with Crippen LogP contribution >= 0.6 is 23.2 Å². The number of amides is 1. The molecule has 6 nitrogen and oxygen atoms in total. The second kappa shape index (κ2) is 13.3. The minimum atomic E-state index is -0.673. The summed E-state index contributed by atoms with van der Waals surface area (Å²) in [6.07, 6.45) is 1.33. The van der Waals surface area contributed by atoms with Gasteiger partial charge in [0.25, 0.3) is 0 Å².